The zero-order valence-corrected chi connectivity index (χ0v) is 16.6. The molecule has 0 saturated carbocycles. The van der Waals surface area contributed by atoms with E-state index in [0.29, 0.717) is 28.7 Å². The molecule has 0 spiro atoms. The van der Waals surface area contributed by atoms with Crippen molar-refractivity contribution in [1.82, 2.24) is 0 Å². The third-order valence-electron chi connectivity index (χ3n) is 4.19. The number of methoxy groups -OCH3 is 2. The minimum Gasteiger partial charge on any atom is -0.493 e. The minimum atomic E-state index is -3.76. The molecule has 3 rings (SSSR count). The van der Waals surface area contributed by atoms with Crippen LogP contribution >= 0.6 is 0 Å². The summed E-state index contributed by atoms with van der Waals surface area (Å²) in [5, 5.41) is 0. The average Bonchev–Trinajstić information content (AvgIpc) is 2.74. The van der Waals surface area contributed by atoms with E-state index in [-0.39, 0.29) is 4.90 Å². The van der Waals surface area contributed by atoms with Gasteiger partial charge in [-0.15, -0.1) is 0 Å². The molecule has 0 unspecified atom stereocenters. The molecule has 7 heteroatoms. The second kappa shape index (κ2) is 8.22. The van der Waals surface area contributed by atoms with Crippen molar-refractivity contribution in [1.29, 1.82) is 0 Å². The predicted octanol–water partition coefficient (Wildman–Crippen LogP) is 4.32. The first-order valence-electron chi connectivity index (χ1n) is 8.49. The van der Waals surface area contributed by atoms with Crippen LogP contribution in [0.4, 0.5) is 5.69 Å². The summed E-state index contributed by atoms with van der Waals surface area (Å²) in [7, 11) is 0.694. The van der Waals surface area contributed by atoms with Crippen LogP contribution in [0, 0.1) is 0 Å². The van der Waals surface area contributed by atoms with Gasteiger partial charge in [-0.3, -0.25) is 4.31 Å². The Hall–Kier alpha value is -3.19. The van der Waals surface area contributed by atoms with Crippen LogP contribution in [0.25, 0.3) is 0 Å². The summed E-state index contributed by atoms with van der Waals surface area (Å²) < 4.78 is 43.3. The molecule has 0 N–H and O–H groups in total. The topological polar surface area (TPSA) is 65.1 Å². The number of ether oxygens (including phenoxy) is 3. The van der Waals surface area contributed by atoms with Crippen molar-refractivity contribution in [3.8, 4) is 23.0 Å². The zero-order valence-electron chi connectivity index (χ0n) is 15.8. The molecule has 6 nitrogen and oxygen atoms in total. The molecule has 0 fully saturated rings. The lowest BCUT2D eigenvalue weighted by molar-refractivity contribution is 0.354. The molecule has 0 amide bonds. The molecule has 146 valence electrons. The van der Waals surface area contributed by atoms with Gasteiger partial charge >= 0.3 is 0 Å². The Labute approximate surface area is 165 Å². The Balaban J connectivity index is 1.83. The largest absolute Gasteiger partial charge is 0.493 e. The van der Waals surface area contributed by atoms with E-state index < -0.39 is 10.0 Å². The molecule has 3 aromatic rings. The summed E-state index contributed by atoms with van der Waals surface area (Å²) in [6.07, 6.45) is 0. The molecule has 0 aromatic heterocycles. The van der Waals surface area contributed by atoms with Crippen LogP contribution < -0.4 is 18.5 Å². The monoisotopic (exact) mass is 399 g/mol. The summed E-state index contributed by atoms with van der Waals surface area (Å²) in [6.45, 7) is 0. The maximum atomic E-state index is 13.0. The highest BCUT2D eigenvalue weighted by Crippen LogP contribution is 2.32. The smallest absolute Gasteiger partial charge is 0.264 e. The Morgan fingerprint density at radius 3 is 1.96 bits per heavy atom. The maximum Gasteiger partial charge on any atom is 0.264 e. The Morgan fingerprint density at radius 1 is 0.750 bits per heavy atom. The van der Waals surface area contributed by atoms with Gasteiger partial charge in [-0.1, -0.05) is 18.2 Å². The van der Waals surface area contributed by atoms with Crippen molar-refractivity contribution in [2.75, 3.05) is 25.6 Å². The highest BCUT2D eigenvalue weighted by molar-refractivity contribution is 7.92. The fourth-order valence-electron chi connectivity index (χ4n) is 2.62. The van der Waals surface area contributed by atoms with Crippen LogP contribution in [0.2, 0.25) is 0 Å². The lowest BCUT2D eigenvalue weighted by atomic mass is 10.3. The van der Waals surface area contributed by atoms with Crippen molar-refractivity contribution in [2.45, 2.75) is 4.90 Å². The molecular weight excluding hydrogens is 378 g/mol. The van der Waals surface area contributed by atoms with Crippen LogP contribution in [0.5, 0.6) is 23.0 Å². The first-order chi connectivity index (χ1) is 13.5. The molecule has 0 bridgehead atoms. The van der Waals surface area contributed by atoms with Crippen molar-refractivity contribution >= 4 is 15.7 Å². The van der Waals surface area contributed by atoms with Crippen molar-refractivity contribution < 1.29 is 22.6 Å². The highest BCUT2D eigenvalue weighted by atomic mass is 32.2. The first kappa shape index (κ1) is 19.6. The summed E-state index contributed by atoms with van der Waals surface area (Å²) in [5.41, 5.74) is 0.509. The number of hydrogen-bond acceptors (Lipinski definition) is 5. The number of benzene rings is 3. The molecule has 0 heterocycles. The lowest BCUT2D eigenvalue weighted by Crippen LogP contribution is -2.26. The van der Waals surface area contributed by atoms with Gasteiger partial charge in [0.05, 0.1) is 24.8 Å². The maximum absolute atomic E-state index is 13.0. The summed E-state index contributed by atoms with van der Waals surface area (Å²) in [4.78, 5) is 0.109. The van der Waals surface area contributed by atoms with E-state index >= 15 is 0 Å². The van der Waals surface area contributed by atoms with E-state index in [2.05, 4.69) is 0 Å². The molecule has 28 heavy (non-hydrogen) atoms. The molecule has 0 saturated heterocycles. The number of para-hydroxylation sites is 1. The van der Waals surface area contributed by atoms with Gasteiger partial charge in [0.15, 0.2) is 11.5 Å². The van der Waals surface area contributed by atoms with E-state index in [9.17, 15) is 8.42 Å². The predicted molar refractivity (Wildman–Crippen MR) is 108 cm³/mol. The van der Waals surface area contributed by atoms with E-state index in [1.54, 1.807) is 30.3 Å². The average molecular weight is 399 g/mol. The van der Waals surface area contributed by atoms with Gasteiger partial charge in [0.1, 0.15) is 11.5 Å². The molecule has 3 aromatic carbocycles. The first-order valence-corrected chi connectivity index (χ1v) is 9.93. The van der Waals surface area contributed by atoms with Gasteiger partial charge in [-0.2, -0.15) is 0 Å². The van der Waals surface area contributed by atoms with Crippen LogP contribution in [0.3, 0.4) is 0 Å². The Kier molecular flexibility index (Phi) is 5.75. The van der Waals surface area contributed by atoms with Gasteiger partial charge in [0.25, 0.3) is 10.0 Å². The summed E-state index contributed by atoms with van der Waals surface area (Å²) >= 11 is 0. The van der Waals surface area contributed by atoms with E-state index in [1.165, 1.54) is 37.7 Å². The van der Waals surface area contributed by atoms with Crippen LogP contribution in [-0.2, 0) is 10.0 Å². The van der Waals surface area contributed by atoms with Crippen LogP contribution in [-0.4, -0.2) is 29.7 Å². The van der Waals surface area contributed by atoms with Gasteiger partial charge < -0.3 is 14.2 Å². The van der Waals surface area contributed by atoms with Crippen LogP contribution in [0.1, 0.15) is 0 Å². The standard InChI is InChI=1S/C21H21NO5S/c1-22(28(23,24)19-13-14-20(25-2)21(15-19)26-3)16-9-11-18(12-10-16)27-17-7-5-4-6-8-17/h4-15H,1-3H3. The van der Waals surface area contributed by atoms with Gasteiger partial charge in [-0.25, -0.2) is 8.42 Å². The van der Waals surface area contributed by atoms with Gasteiger partial charge in [0.2, 0.25) is 0 Å². The highest BCUT2D eigenvalue weighted by Gasteiger charge is 2.23. The molecular formula is C21H21NO5S. The Bertz CT molecular complexity index is 1030. The van der Waals surface area contributed by atoms with Gasteiger partial charge in [-0.05, 0) is 48.5 Å². The van der Waals surface area contributed by atoms with Crippen molar-refractivity contribution in [3.63, 3.8) is 0 Å². The molecule has 0 atom stereocenters. The third-order valence-corrected chi connectivity index (χ3v) is 5.97. The van der Waals surface area contributed by atoms with Crippen molar-refractivity contribution in [2.24, 2.45) is 0 Å². The Morgan fingerprint density at radius 2 is 1.36 bits per heavy atom. The number of anilines is 1. The number of nitrogens with zero attached hydrogens (tertiary/aromatic N) is 1. The van der Waals surface area contributed by atoms with Crippen molar-refractivity contribution in [3.05, 3.63) is 72.8 Å². The zero-order chi connectivity index (χ0) is 20.1. The van der Waals surface area contributed by atoms with E-state index in [4.69, 9.17) is 14.2 Å². The van der Waals surface area contributed by atoms with Crippen LogP contribution in [0.15, 0.2) is 77.7 Å². The third kappa shape index (κ3) is 4.04. The number of hydrogen-bond donors (Lipinski definition) is 0. The molecule has 0 aliphatic rings. The minimum absolute atomic E-state index is 0.109. The molecule has 0 aliphatic heterocycles. The van der Waals surface area contributed by atoms with Gasteiger partial charge in [0, 0.05) is 13.1 Å². The second-order valence-corrected chi connectivity index (χ2v) is 7.87. The summed E-state index contributed by atoms with van der Waals surface area (Å²) in [5.74, 6) is 2.14. The van der Waals surface area contributed by atoms with E-state index in [1.807, 2.05) is 30.3 Å². The fraction of sp³-hybridized carbons (Fsp3) is 0.143. The summed E-state index contributed by atoms with van der Waals surface area (Å²) in [6, 6.07) is 20.7. The lowest BCUT2D eigenvalue weighted by Gasteiger charge is -2.20. The molecule has 0 radical (unpaired) electrons. The number of rotatable bonds is 7. The fourth-order valence-corrected chi connectivity index (χ4v) is 3.83. The van der Waals surface area contributed by atoms with E-state index in [0.717, 1.165) is 0 Å². The quantitative estimate of drug-likeness (QED) is 0.592. The molecule has 0 aliphatic carbocycles. The number of sulfonamides is 1. The normalized spacial score (nSPS) is 11.0. The second-order valence-electron chi connectivity index (χ2n) is 5.90. The SMILES string of the molecule is COc1ccc(S(=O)(=O)N(C)c2ccc(Oc3ccccc3)cc2)cc1OC.